The molecular weight excluding hydrogens is 268 g/mol. The van der Waals surface area contributed by atoms with Crippen LogP contribution in [0.5, 0.6) is 0 Å². The van der Waals surface area contributed by atoms with Crippen molar-refractivity contribution in [3.63, 3.8) is 0 Å². The predicted octanol–water partition coefficient (Wildman–Crippen LogP) is 0.816. The van der Waals surface area contributed by atoms with E-state index in [4.69, 9.17) is 0 Å². The average Bonchev–Trinajstić information content (AvgIpc) is 3.05. The third-order valence-corrected chi connectivity index (χ3v) is 3.70. The number of aromatic nitrogens is 4. The Morgan fingerprint density at radius 3 is 2.86 bits per heavy atom. The van der Waals surface area contributed by atoms with Gasteiger partial charge in [0, 0.05) is 37.1 Å². The van der Waals surface area contributed by atoms with Gasteiger partial charge in [-0.3, -0.25) is 14.2 Å². The smallest absolute Gasteiger partial charge is 0.241 e. The van der Waals surface area contributed by atoms with Crippen LogP contribution in [0.4, 0.5) is 5.69 Å². The zero-order chi connectivity index (χ0) is 14.8. The molecule has 7 nitrogen and oxygen atoms in total. The molecule has 0 saturated heterocycles. The first kappa shape index (κ1) is 13.7. The van der Waals surface area contributed by atoms with Gasteiger partial charge in [0.25, 0.3) is 0 Å². The maximum absolute atomic E-state index is 11.7. The zero-order valence-corrected chi connectivity index (χ0v) is 12.3. The summed E-state index contributed by atoms with van der Waals surface area (Å²) in [5.74, 6) is 0.0234. The van der Waals surface area contributed by atoms with Crippen LogP contribution in [0.25, 0.3) is 0 Å². The average molecular weight is 288 g/mol. The van der Waals surface area contributed by atoms with Gasteiger partial charge in [0.2, 0.25) is 5.91 Å². The Morgan fingerprint density at radius 2 is 2.19 bits per heavy atom. The summed E-state index contributed by atoms with van der Waals surface area (Å²) in [7, 11) is 1.93. The molecule has 0 atom stereocenters. The van der Waals surface area contributed by atoms with Gasteiger partial charge in [0.1, 0.15) is 6.54 Å². The summed E-state index contributed by atoms with van der Waals surface area (Å²) in [6, 6.07) is 0.388. The van der Waals surface area contributed by atoms with Gasteiger partial charge in [-0.25, -0.2) is 0 Å². The molecule has 0 bridgehead atoms. The molecule has 1 aliphatic carbocycles. The standard InChI is InChI=1S/C14H20N6O/c1-10-11(6-16-19(10)2)5-15-13-7-17-20(8-13)9-14(21)18-12-3-4-12/h6-8,12,15H,3-5,9H2,1-2H3,(H,18,21). The van der Waals surface area contributed by atoms with Crippen LogP contribution >= 0.6 is 0 Å². The Kier molecular flexibility index (Phi) is 3.64. The van der Waals surface area contributed by atoms with Crippen LogP contribution in [0.3, 0.4) is 0 Å². The largest absolute Gasteiger partial charge is 0.378 e. The maximum atomic E-state index is 11.7. The summed E-state index contributed by atoms with van der Waals surface area (Å²) in [5, 5.41) is 14.6. The number of anilines is 1. The minimum absolute atomic E-state index is 0.0234. The lowest BCUT2D eigenvalue weighted by molar-refractivity contribution is -0.122. The van der Waals surface area contributed by atoms with Crippen molar-refractivity contribution >= 4 is 11.6 Å². The quantitative estimate of drug-likeness (QED) is 0.825. The second-order valence-electron chi connectivity index (χ2n) is 5.50. The Bertz CT molecular complexity index is 640. The number of amides is 1. The van der Waals surface area contributed by atoms with Gasteiger partial charge >= 0.3 is 0 Å². The van der Waals surface area contributed by atoms with Crippen LogP contribution in [0, 0.1) is 6.92 Å². The maximum Gasteiger partial charge on any atom is 0.241 e. The van der Waals surface area contributed by atoms with E-state index in [-0.39, 0.29) is 12.5 Å². The van der Waals surface area contributed by atoms with Crippen LogP contribution in [0.1, 0.15) is 24.1 Å². The van der Waals surface area contributed by atoms with Gasteiger partial charge in [0.15, 0.2) is 0 Å². The van der Waals surface area contributed by atoms with Crippen molar-refractivity contribution in [3.8, 4) is 0 Å². The lowest BCUT2D eigenvalue weighted by atomic mass is 10.2. The first-order valence-electron chi connectivity index (χ1n) is 7.15. The van der Waals surface area contributed by atoms with Crippen LogP contribution in [-0.2, 0) is 24.9 Å². The van der Waals surface area contributed by atoms with Crippen LogP contribution in [0.2, 0.25) is 0 Å². The Hall–Kier alpha value is -2.31. The molecule has 2 aromatic heterocycles. The third-order valence-electron chi connectivity index (χ3n) is 3.70. The Morgan fingerprint density at radius 1 is 1.38 bits per heavy atom. The van der Waals surface area contributed by atoms with E-state index >= 15 is 0 Å². The fourth-order valence-corrected chi connectivity index (χ4v) is 2.10. The first-order valence-corrected chi connectivity index (χ1v) is 7.15. The predicted molar refractivity (Wildman–Crippen MR) is 78.7 cm³/mol. The van der Waals surface area contributed by atoms with E-state index in [1.165, 1.54) is 0 Å². The highest BCUT2D eigenvalue weighted by molar-refractivity contribution is 5.76. The number of hydrogen-bond acceptors (Lipinski definition) is 4. The highest BCUT2D eigenvalue weighted by Gasteiger charge is 2.23. The van der Waals surface area contributed by atoms with E-state index in [1.54, 1.807) is 10.9 Å². The molecule has 3 rings (SSSR count). The summed E-state index contributed by atoms with van der Waals surface area (Å²) < 4.78 is 3.50. The minimum Gasteiger partial charge on any atom is -0.378 e. The SMILES string of the molecule is Cc1c(CNc2cnn(CC(=O)NC3CC3)c2)cnn1C. The fraction of sp³-hybridized carbons (Fsp3) is 0.500. The highest BCUT2D eigenvalue weighted by Crippen LogP contribution is 2.18. The van der Waals surface area contributed by atoms with E-state index in [9.17, 15) is 4.79 Å². The molecule has 1 amide bonds. The molecule has 0 aliphatic heterocycles. The van der Waals surface area contributed by atoms with Crippen molar-refractivity contribution in [3.05, 3.63) is 29.8 Å². The number of rotatable bonds is 6. The summed E-state index contributed by atoms with van der Waals surface area (Å²) >= 11 is 0. The molecule has 1 aliphatic rings. The van der Waals surface area contributed by atoms with E-state index in [0.29, 0.717) is 12.6 Å². The van der Waals surface area contributed by atoms with Gasteiger partial charge in [-0.2, -0.15) is 10.2 Å². The monoisotopic (exact) mass is 288 g/mol. The highest BCUT2D eigenvalue weighted by atomic mass is 16.2. The number of carbonyl (C=O) groups is 1. The molecule has 0 spiro atoms. The van der Waals surface area contributed by atoms with Gasteiger partial charge in [-0.05, 0) is 19.8 Å². The lowest BCUT2D eigenvalue weighted by Gasteiger charge is -2.04. The normalized spacial score (nSPS) is 14.2. The molecule has 0 aromatic carbocycles. The Labute approximate surface area is 123 Å². The number of carbonyl (C=O) groups excluding carboxylic acids is 1. The summed E-state index contributed by atoms with van der Waals surface area (Å²) in [4.78, 5) is 11.7. The van der Waals surface area contributed by atoms with Gasteiger partial charge in [0.05, 0.1) is 18.1 Å². The van der Waals surface area contributed by atoms with E-state index in [1.807, 2.05) is 31.0 Å². The lowest BCUT2D eigenvalue weighted by Crippen LogP contribution is -2.29. The van der Waals surface area contributed by atoms with E-state index in [2.05, 4.69) is 20.8 Å². The zero-order valence-electron chi connectivity index (χ0n) is 12.3. The molecule has 1 saturated carbocycles. The van der Waals surface area contributed by atoms with Crippen molar-refractivity contribution in [2.24, 2.45) is 7.05 Å². The third kappa shape index (κ3) is 3.42. The van der Waals surface area contributed by atoms with Crippen molar-refractivity contribution < 1.29 is 4.79 Å². The van der Waals surface area contributed by atoms with Gasteiger partial charge < -0.3 is 10.6 Å². The van der Waals surface area contributed by atoms with Crippen molar-refractivity contribution in [2.45, 2.75) is 38.9 Å². The summed E-state index contributed by atoms with van der Waals surface area (Å²) in [5.41, 5.74) is 3.19. The number of aryl methyl sites for hydroxylation is 1. The van der Waals surface area contributed by atoms with Crippen molar-refractivity contribution in [1.82, 2.24) is 24.9 Å². The Balaban J connectivity index is 1.52. The van der Waals surface area contributed by atoms with Crippen molar-refractivity contribution in [2.75, 3.05) is 5.32 Å². The second-order valence-corrected chi connectivity index (χ2v) is 5.50. The first-order chi connectivity index (χ1) is 10.1. The van der Waals surface area contributed by atoms with Crippen LogP contribution in [0.15, 0.2) is 18.6 Å². The van der Waals surface area contributed by atoms with Crippen LogP contribution in [-0.4, -0.2) is 31.5 Å². The van der Waals surface area contributed by atoms with Gasteiger partial charge in [-0.1, -0.05) is 0 Å². The number of hydrogen-bond donors (Lipinski definition) is 2. The van der Waals surface area contributed by atoms with Crippen molar-refractivity contribution in [1.29, 1.82) is 0 Å². The topological polar surface area (TPSA) is 76.8 Å². The molecule has 2 N–H and O–H groups in total. The van der Waals surface area contributed by atoms with E-state index in [0.717, 1.165) is 29.8 Å². The van der Waals surface area contributed by atoms with Crippen LogP contribution < -0.4 is 10.6 Å². The molecule has 0 radical (unpaired) electrons. The minimum atomic E-state index is 0.0234. The van der Waals surface area contributed by atoms with E-state index < -0.39 is 0 Å². The number of nitrogens with zero attached hydrogens (tertiary/aromatic N) is 4. The number of nitrogens with one attached hydrogen (secondary N) is 2. The molecule has 2 heterocycles. The fourth-order valence-electron chi connectivity index (χ4n) is 2.10. The molecule has 21 heavy (non-hydrogen) atoms. The summed E-state index contributed by atoms with van der Waals surface area (Å²) in [6.45, 7) is 3.00. The molecule has 1 fully saturated rings. The second kappa shape index (κ2) is 5.59. The molecule has 112 valence electrons. The molecule has 2 aromatic rings. The van der Waals surface area contributed by atoms with Gasteiger partial charge in [-0.15, -0.1) is 0 Å². The molecule has 0 unspecified atom stereocenters. The molecule has 7 heteroatoms. The molecular formula is C14H20N6O. The summed E-state index contributed by atoms with van der Waals surface area (Å²) in [6.07, 6.45) is 7.63.